The molecular formula is C8H16OSi. The first-order chi connectivity index (χ1) is 4.58. The summed E-state index contributed by atoms with van der Waals surface area (Å²) in [6, 6.07) is 0. The van der Waals surface area contributed by atoms with Crippen LogP contribution in [0.1, 0.15) is 12.8 Å². The van der Waals surface area contributed by atoms with Crippen molar-refractivity contribution in [3.63, 3.8) is 0 Å². The Hall–Kier alpha value is -0.0831. The summed E-state index contributed by atoms with van der Waals surface area (Å²) >= 11 is 0. The van der Waals surface area contributed by atoms with Gasteiger partial charge >= 0.3 is 0 Å². The van der Waals surface area contributed by atoms with Gasteiger partial charge in [0.15, 0.2) is 8.32 Å². The van der Waals surface area contributed by atoms with Gasteiger partial charge in [0, 0.05) is 0 Å². The fourth-order valence-electron chi connectivity index (χ4n) is 1.19. The van der Waals surface area contributed by atoms with E-state index in [4.69, 9.17) is 4.43 Å². The molecule has 0 spiro atoms. The largest absolute Gasteiger partial charge is 0.414 e. The van der Waals surface area contributed by atoms with Crippen LogP contribution < -0.4 is 0 Å². The van der Waals surface area contributed by atoms with E-state index in [0.29, 0.717) is 6.10 Å². The van der Waals surface area contributed by atoms with Gasteiger partial charge in [-0.3, -0.25) is 0 Å². The molecule has 0 aromatic carbocycles. The lowest BCUT2D eigenvalue weighted by molar-refractivity contribution is 0.209. The minimum absolute atomic E-state index is 0.506. The van der Waals surface area contributed by atoms with Crippen LogP contribution in [-0.4, -0.2) is 14.4 Å². The fourth-order valence-corrected chi connectivity index (χ4v) is 2.38. The van der Waals surface area contributed by atoms with Crippen molar-refractivity contribution in [1.82, 2.24) is 0 Å². The zero-order chi connectivity index (χ0) is 7.61. The fraction of sp³-hybridized carbons (Fsp3) is 0.750. The van der Waals surface area contributed by atoms with Gasteiger partial charge in [-0.05, 0) is 32.5 Å². The number of hydrogen-bond acceptors (Lipinski definition) is 1. The summed E-state index contributed by atoms with van der Waals surface area (Å²) in [5.74, 6) is 0. The van der Waals surface area contributed by atoms with E-state index in [-0.39, 0.29) is 0 Å². The maximum Gasteiger partial charge on any atom is 0.184 e. The molecule has 1 aliphatic rings. The van der Waals surface area contributed by atoms with Crippen molar-refractivity contribution < 1.29 is 4.43 Å². The third kappa shape index (κ3) is 2.67. The third-order valence-corrected chi connectivity index (χ3v) is 2.53. The summed E-state index contributed by atoms with van der Waals surface area (Å²) < 4.78 is 5.88. The van der Waals surface area contributed by atoms with E-state index in [1.807, 2.05) is 0 Å². The quantitative estimate of drug-likeness (QED) is 0.441. The molecule has 0 heterocycles. The number of rotatable bonds is 2. The molecule has 0 saturated heterocycles. The molecule has 0 saturated carbocycles. The van der Waals surface area contributed by atoms with Crippen molar-refractivity contribution >= 4 is 8.32 Å². The van der Waals surface area contributed by atoms with Crippen LogP contribution >= 0.6 is 0 Å². The van der Waals surface area contributed by atoms with E-state index in [1.165, 1.54) is 0 Å². The molecule has 0 aromatic rings. The van der Waals surface area contributed by atoms with Gasteiger partial charge in [-0.15, -0.1) is 0 Å². The minimum Gasteiger partial charge on any atom is -0.414 e. The second-order valence-electron chi connectivity index (χ2n) is 3.80. The van der Waals surface area contributed by atoms with E-state index >= 15 is 0 Å². The molecule has 0 amide bonds. The van der Waals surface area contributed by atoms with Crippen LogP contribution in [0, 0.1) is 0 Å². The zero-order valence-corrected chi connectivity index (χ0v) is 8.05. The van der Waals surface area contributed by atoms with Gasteiger partial charge in [0.05, 0.1) is 6.10 Å². The first kappa shape index (κ1) is 8.02. The molecule has 1 rings (SSSR count). The standard InChI is InChI=1S/C8H16OSi/c1-10(2,3)9-8-6-4-5-7-8/h4-5,8H,6-7H2,1-3H3. The van der Waals surface area contributed by atoms with Crippen LogP contribution in [0.2, 0.25) is 19.6 Å². The predicted octanol–water partition coefficient (Wildman–Crippen LogP) is 2.56. The summed E-state index contributed by atoms with van der Waals surface area (Å²) in [7, 11) is -1.26. The molecule has 0 aliphatic heterocycles. The summed E-state index contributed by atoms with van der Waals surface area (Å²) in [5.41, 5.74) is 0. The highest BCUT2D eigenvalue weighted by molar-refractivity contribution is 6.69. The lowest BCUT2D eigenvalue weighted by Gasteiger charge is -2.22. The van der Waals surface area contributed by atoms with Gasteiger partial charge in [-0.2, -0.15) is 0 Å². The molecule has 0 fully saturated rings. The van der Waals surface area contributed by atoms with Crippen LogP contribution in [0.5, 0.6) is 0 Å². The van der Waals surface area contributed by atoms with Gasteiger partial charge in [0.25, 0.3) is 0 Å². The Balaban J connectivity index is 2.26. The van der Waals surface area contributed by atoms with Gasteiger partial charge in [0.1, 0.15) is 0 Å². The average molecular weight is 156 g/mol. The highest BCUT2D eigenvalue weighted by Crippen LogP contribution is 2.18. The van der Waals surface area contributed by atoms with Crippen molar-refractivity contribution in [1.29, 1.82) is 0 Å². The second kappa shape index (κ2) is 2.89. The molecule has 0 atom stereocenters. The predicted molar refractivity (Wildman–Crippen MR) is 46.6 cm³/mol. The van der Waals surface area contributed by atoms with E-state index < -0.39 is 8.32 Å². The van der Waals surface area contributed by atoms with E-state index in [1.54, 1.807) is 0 Å². The number of hydrogen-bond donors (Lipinski definition) is 0. The molecule has 1 nitrogen and oxygen atoms in total. The van der Waals surface area contributed by atoms with Gasteiger partial charge in [0.2, 0.25) is 0 Å². The van der Waals surface area contributed by atoms with Crippen LogP contribution in [0.4, 0.5) is 0 Å². The summed E-state index contributed by atoms with van der Waals surface area (Å²) in [6.07, 6.45) is 7.19. The molecule has 0 N–H and O–H groups in total. The first-order valence-electron chi connectivity index (χ1n) is 3.91. The molecule has 58 valence electrons. The van der Waals surface area contributed by atoms with Crippen LogP contribution in [0.15, 0.2) is 12.2 Å². The Labute approximate surface area is 64.2 Å². The Morgan fingerprint density at radius 3 is 2.10 bits per heavy atom. The Kier molecular flexibility index (Phi) is 2.31. The molecule has 0 bridgehead atoms. The average Bonchev–Trinajstić information content (AvgIpc) is 2.12. The molecule has 0 aromatic heterocycles. The van der Waals surface area contributed by atoms with Crippen LogP contribution in [0.3, 0.4) is 0 Å². The van der Waals surface area contributed by atoms with Crippen molar-refractivity contribution in [2.75, 3.05) is 0 Å². The second-order valence-corrected chi connectivity index (χ2v) is 8.26. The molecule has 0 radical (unpaired) electrons. The summed E-state index contributed by atoms with van der Waals surface area (Å²) in [4.78, 5) is 0. The summed E-state index contributed by atoms with van der Waals surface area (Å²) in [5, 5.41) is 0. The first-order valence-corrected chi connectivity index (χ1v) is 7.31. The molecule has 0 unspecified atom stereocenters. The van der Waals surface area contributed by atoms with Gasteiger partial charge < -0.3 is 4.43 Å². The van der Waals surface area contributed by atoms with Crippen LogP contribution in [-0.2, 0) is 4.43 Å². The topological polar surface area (TPSA) is 9.23 Å². The van der Waals surface area contributed by atoms with E-state index in [2.05, 4.69) is 31.8 Å². The lowest BCUT2D eigenvalue weighted by Crippen LogP contribution is -2.30. The van der Waals surface area contributed by atoms with Crippen molar-refractivity contribution in [3.05, 3.63) is 12.2 Å². The highest BCUT2D eigenvalue weighted by Gasteiger charge is 2.20. The normalized spacial score (nSPS) is 20.3. The molecule has 1 aliphatic carbocycles. The molecule has 2 heteroatoms. The smallest absolute Gasteiger partial charge is 0.184 e. The van der Waals surface area contributed by atoms with Crippen LogP contribution in [0.25, 0.3) is 0 Å². The third-order valence-electron chi connectivity index (χ3n) is 1.48. The lowest BCUT2D eigenvalue weighted by atomic mass is 10.3. The SMILES string of the molecule is C[Si](C)(C)OC1CC=CC1. The minimum atomic E-state index is -1.26. The van der Waals surface area contributed by atoms with Crippen molar-refractivity contribution in [2.45, 2.75) is 38.6 Å². The molecular weight excluding hydrogens is 140 g/mol. The Bertz CT molecular complexity index is 127. The maximum atomic E-state index is 5.88. The monoisotopic (exact) mass is 156 g/mol. The Morgan fingerprint density at radius 2 is 1.70 bits per heavy atom. The molecule has 10 heavy (non-hydrogen) atoms. The maximum absolute atomic E-state index is 5.88. The highest BCUT2D eigenvalue weighted by atomic mass is 28.4. The van der Waals surface area contributed by atoms with E-state index in [9.17, 15) is 0 Å². The summed E-state index contributed by atoms with van der Waals surface area (Å²) in [6.45, 7) is 6.72. The van der Waals surface area contributed by atoms with Crippen molar-refractivity contribution in [2.24, 2.45) is 0 Å². The van der Waals surface area contributed by atoms with Gasteiger partial charge in [-0.25, -0.2) is 0 Å². The van der Waals surface area contributed by atoms with Crippen molar-refractivity contribution in [3.8, 4) is 0 Å². The Morgan fingerprint density at radius 1 is 1.20 bits per heavy atom. The van der Waals surface area contributed by atoms with E-state index in [0.717, 1.165) is 12.8 Å². The zero-order valence-electron chi connectivity index (χ0n) is 7.05. The van der Waals surface area contributed by atoms with Gasteiger partial charge in [-0.1, -0.05) is 12.2 Å².